The largest absolute Gasteiger partial charge is 0.480 e. The van der Waals surface area contributed by atoms with Gasteiger partial charge in [0.2, 0.25) is 0 Å². The Morgan fingerprint density at radius 2 is 2.28 bits per heavy atom. The SMILES string of the molecule is CCCC(NCC(=O)O)c1cccc([N+](=O)[O-])c1. The third-order valence-electron chi connectivity index (χ3n) is 2.56. The van der Waals surface area contributed by atoms with Crippen LogP contribution >= 0.6 is 0 Å². The Morgan fingerprint density at radius 1 is 1.56 bits per heavy atom. The summed E-state index contributed by atoms with van der Waals surface area (Å²) in [5.74, 6) is -0.943. The molecule has 0 amide bonds. The van der Waals surface area contributed by atoms with Gasteiger partial charge in [-0.15, -0.1) is 0 Å². The van der Waals surface area contributed by atoms with Gasteiger partial charge in [-0.25, -0.2) is 0 Å². The molecule has 0 saturated carbocycles. The third-order valence-corrected chi connectivity index (χ3v) is 2.56. The molecular formula is C12H16N2O4. The topological polar surface area (TPSA) is 92.5 Å². The molecule has 0 aliphatic heterocycles. The fourth-order valence-corrected chi connectivity index (χ4v) is 1.74. The van der Waals surface area contributed by atoms with E-state index in [0.29, 0.717) is 0 Å². The number of nitro groups is 1. The maximum Gasteiger partial charge on any atom is 0.317 e. The van der Waals surface area contributed by atoms with Gasteiger partial charge in [0, 0.05) is 18.2 Å². The van der Waals surface area contributed by atoms with Crippen LogP contribution in [-0.2, 0) is 4.79 Å². The summed E-state index contributed by atoms with van der Waals surface area (Å²) >= 11 is 0. The molecule has 0 radical (unpaired) electrons. The van der Waals surface area contributed by atoms with Gasteiger partial charge in [-0.1, -0.05) is 25.5 Å². The number of carbonyl (C=O) groups is 1. The van der Waals surface area contributed by atoms with Gasteiger partial charge >= 0.3 is 5.97 Å². The van der Waals surface area contributed by atoms with Crippen LogP contribution < -0.4 is 5.32 Å². The highest BCUT2D eigenvalue weighted by Crippen LogP contribution is 2.22. The van der Waals surface area contributed by atoms with Gasteiger partial charge in [-0.2, -0.15) is 0 Å². The minimum Gasteiger partial charge on any atom is -0.480 e. The molecular weight excluding hydrogens is 236 g/mol. The number of hydrogen-bond acceptors (Lipinski definition) is 4. The Bertz CT molecular complexity index is 434. The number of carboxylic acid groups (broad SMARTS) is 1. The van der Waals surface area contributed by atoms with E-state index in [9.17, 15) is 14.9 Å². The molecule has 98 valence electrons. The molecule has 0 spiro atoms. The number of nitrogens with one attached hydrogen (secondary N) is 1. The van der Waals surface area contributed by atoms with Crippen molar-refractivity contribution in [2.24, 2.45) is 0 Å². The number of benzene rings is 1. The molecule has 2 N–H and O–H groups in total. The van der Waals surface area contributed by atoms with Crippen LogP contribution in [0.25, 0.3) is 0 Å². The average Bonchev–Trinajstić information content (AvgIpc) is 2.34. The lowest BCUT2D eigenvalue weighted by atomic mass is 10.0. The first kappa shape index (κ1) is 14.1. The lowest BCUT2D eigenvalue weighted by Crippen LogP contribution is -2.27. The van der Waals surface area contributed by atoms with Crippen molar-refractivity contribution in [1.82, 2.24) is 5.32 Å². The number of aliphatic carboxylic acids is 1. The van der Waals surface area contributed by atoms with E-state index in [2.05, 4.69) is 5.32 Å². The molecule has 6 nitrogen and oxygen atoms in total. The molecule has 1 atom stereocenters. The van der Waals surface area contributed by atoms with Crippen molar-refractivity contribution < 1.29 is 14.8 Å². The van der Waals surface area contributed by atoms with Crippen LogP contribution in [0.15, 0.2) is 24.3 Å². The lowest BCUT2D eigenvalue weighted by molar-refractivity contribution is -0.384. The van der Waals surface area contributed by atoms with Gasteiger partial charge < -0.3 is 10.4 Å². The molecule has 6 heteroatoms. The fourth-order valence-electron chi connectivity index (χ4n) is 1.74. The summed E-state index contributed by atoms with van der Waals surface area (Å²) in [5.41, 5.74) is 0.762. The zero-order chi connectivity index (χ0) is 13.5. The molecule has 0 aliphatic rings. The quantitative estimate of drug-likeness (QED) is 0.572. The van der Waals surface area contributed by atoms with Crippen molar-refractivity contribution in [2.45, 2.75) is 25.8 Å². The molecule has 0 aromatic heterocycles. The number of nitro benzene ring substituents is 1. The van der Waals surface area contributed by atoms with Crippen LogP contribution in [0.2, 0.25) is 0 Å². The Hall–Kier alpha value is -1.95. The summed E-state index contributed by atoms with van der Waals surface area (Å²) in [6.45, 7) is 1.82. The second-order valence-corrected chi connectivity index (χ2v) is 3.97. The lowest BCUT2D eigenvalue weighted by Gasteiger charge is -2.17. The summed E-state index contributed by atoms with van der Waals surface area (Å²) in [6, 6.07) is 6.10. The van der Waals surface area contributed by atoms with Crippen LogP contribution in [0.4, 0.5) is 5.69 Å². The summed E-state index contributed by atoms with van der Waals surface area (Å²) in [5, 5.41) is 22.2. The van der Waals surface area contributed by atoms with Gasteiger partial charge in [0.05, 0.1) is 11.5 Å². The van der Waals surface area contributed by atoms with E-state index < -0.39 is 10.9 Å². The maximum atomic E-state index is 10.7. The Labute approximate surface area is 105 Å². The predicted molar refractivity (Wildman–Crippen MR) is 66.4 cm³/mol. The van der Waals surface area contributed by atoms with E-state index >= 15 is 0 Å². The molecule has 1 rings (SSSR count). The Balaban J connectivity index is 2.86. The monoisotopic (exact) mass is 252 g/mol. The van der Waals surface area contributed by atoms with E-state index in [0.717, 1.165) is 18.4 Å². The van der Waals surface area contributed by atoms with Gasteiger partial charge in [0.1, 0.15) is 0 Å². The van der Waals surface area contributed by atoms with Crippen LogP contribution in [-0.4, -0.2) is 22.5 Å². The first-order valence-corrected chi connectivity index (χ1v) is 5.74. The summed E-state index contributed by atoms with van der Waals surface area (Å²) < 4.78 is 0. The predicted octanol–water partition coefficient (Wildman–Crippen LogP) is 2.11. The van der Waals surface area contributed by atoms with Crippen molar-refractivity contribution in [3.63, 3.8) is 0 Å². The number of hydrogen-bond donors (Lipinski definition) is 2. The Morgan fingerprint density at radius 3 is 2.83 bits per heavy atom. The van der Waals surface area contributed by atoms with Gasteiger partial charge in [-0.3, -0.25) is 14.9 Å². The Kier molecular flexibility index (Phi) is 5.26. The highest BCUT2D eigenvalue weighted by atomic mass is 16.6. The standard InChI is InChI=1S/C12H16N2O4/c1-2-4-11(13-8-12(15)16)9-5-3-6-10(7-9)14(17)18/h3,5-7,11,13H,2,4,8H2,1H3,(H,15,16). The van der Waals surface area contributed by atoms with Crippen molar-refractivity contribution in [2.75, 3.05) is 6.54 Å². The van der Waals surface area contributed by atoms with Crippen LogP contribution in [0.5, 0.6) is 0 Å². The zero-order valence-corrected chi connectivity index (χ0v) is 10.1. The van der Waals surface area contributed by atoms with E-state index in [-0.39, 0.29) is 18.3 Å². The number of rotatable bonds is 7. The fraction of sp³-hybridized carbons (Fsp3) is 0.417. The second kappa shape index (κ2) is 6.70. The van der Waals surface area contributed by atoms with Gasteiger partial charge in [0.25, 0.3) is 5.69 Å². The van der Waals surface area contributed by atoms with E-state index in [1.165, 1.54) is 12.1 Å². The molecule has 0 saturated heterocycles. The van der Waals surface area contributed by atoms with Crippen LogP contribution in [0, 0.1) is 10.1 Å². The minimum atomic E-state index is -0.943. The average molecular weight is 252 g/mol. The molecule has 18 heavy (non-hydrogen) atoms. The van der Waals surface area contributed by atoms with Gasteiger partial charge in [0.15, 0.2) is 0 Å². The minimum absolute atomic E-state index is 0.0192. The highest BCUT2D eigenvalue weighted by molar-refractivity contribution is 5.69. The van der Waals surface area contributed by atoms with Crippen molar-refractivity contribution in [3.05, 3.63) is 39.9 Å². The molecule has 0 bridgehead atoms. The van der Waals surface area contributed by atoms with E-state index in [4.69, 9.17) is 5.11 Å². The first-order chi connectivity index (χ1) is 8.54. The number of carboxylic acids is 1. The summed E-state index contributed by atoms with van der Waals surface area (Å²) in [7, 11) is 0. The van der Waals surface area contributed by atoms with E-state index in [1.807, 2.05) is 6.92 Å². The number of non-ortho nitro benzene ring substituents is 1. The maximum absolute atomic E-state index is 10.7. The molecule has 1 aromatic carbocycles. The van der Waals surface area contributed by atoms with E-state index in [1.54, 1.807) is 12.1 Å². The molecule has 1 aromatic rings. The third kappa shape index (κ3) is 4.14. The summed E-state index contributed by atoms with van der Waals surface area (Å²) in [4.78, 5) is 20.8. The van der Waals surface area contributed by atoms with Crippen molar-refractivity contribution >= 4 is 11.7 Å². The molecule has 0 fully saturated rings. The van der Waals surface area contributed by atoms with Crippen molar-refractivity contribution in [3.8, 4) is 0 Å². The molecule has 0 heterocycles. The highest BCUT2D eigenvalue weighted by Gasteiger charge is 2.14. The smallest absolute Gasteiger partial charge is 0.317 e. The van der Waals surface area contributed by atoms with Crippen molar-refractivity contribution in [1.29, 1.82) is 0 Å². The number of nitrogens with zero attached hydrogens (tertiary/aromatic N) is 1. The van der Waals surface area contributed by atoms with Crippen LogP contribution in [0.3, 0.4) is 0 Å². The second-order valence-electron chi connectivity index (χ2n) is 3.97. The van der Waals surface area contributed by atoms with Crippen LogP contribution in [0.1, 0.15) is 31.4 Å². The molecule has 0 aliphatic carbocycles. The zero-order valence-electron chi connectivity index (χ0n) is 10.1. The molecule has 1 unspecified atom stereocenters. The normalized spacial score (nSPS) is 12.1. The van der Waals surface area contributed by atoms with Gasteiger partial charge in [-0.05, 0) is 12.0 Å². The first-order valence-electron chi connectivity index (χ1n) is 5.74. The summed E-state index contributed by atoms with van der Waals surface area (Å²) in [6.07, 6.45) is 1.59.